The summed E-state index contributed by atoms with van der Waals surface area (Å²) in [4.78, 5) is 0. The van der Waals surface area contributed by atoms with Crippen LogP contribution in [0.5, 0.6) is 0 Å². The first-order chi connectivity index (χ1) is 9.79. The van der Waals surface area contributed by atoms with Crippen LogP contribution in [0.4, 0.5) is 0 Å². The average Bonchev–Trinajstić information content (AvgIpc) is 3.11. The van der Waals surface area contributed by atoms with Gasteiger partial charge in [-0.2, -0.15) is 5.10 Å². The number of para-hydroxylation sites is 1. The molecule has 0 saturated carbocycles. The molecular weight excluding hydrogens is 250 g/mol. The lowest BCUT2D eigenvalue weighted by Gasteiger charge is -2.12. The van der Waals surface area contributed by atoms with E-state index in [4.69, 9.17) is 4.42 Å². The van der Waals surface area contributed by atoms with Crippen molar-refractivity contribution in [3.05, 3.63) is 53.5 Å². The molecule has 104 valence electrons. The zero-order valence-corrected chi connectivity index (χ0v) is 11.8. The van der Waals surface area contributed by atoms with E-state index in [9.17, 15) is 0 Å². The number of furan rings is 1. The van der Waals surface area contributed by atoms with Crippen molar-refractivity contribution < 1.29 is 4.42 Å². The molecule has 0 spiro atoms. The topological polar surface area (TPSA) is 53.9 Å². The van der Waals surface area contributed by atoms with Crippen molar-refractivity contribution in [2.75, 3.05) is 0 Å². The Labute approximate surface area is 118 Å². The van der Waals surface area contributed by atoms with E-state index in [0.29, 0.717) is 0 Å². The Balaban J connectivity index is 1.85. The summed E-state index contributed by atoms with van der Waals surface area (Å²) in [7, 11) is 0. The number of hydrogen-bond acceptors (Lipinski definition) is 3. The van der Waals surface area contributed by atoms with Crippen LogP contribution in [0.15, 0.2) is 41.1 Å². The summed E-state index contributed by atoms with van der Waals surface area (Å²) >= 11 is 0. The Morgan fingerprint density at radius 3 is 2.95 bits per heavy atom. The van der Waals surface area contributed by atoms with Crippen LogP contribution in [0.25, 0.3) is 11.0 Å². The molecule has 2 heterocycles. The molecule has 0 bridgehead atoms. The monoisotopic (exact) mass is 269 g/mol. The van der Waals surface area contributed by atoms with E-state index in [0.717, 1.165) is 29.9 Å². The van der Waals surface area contributed by atoms with Gasteiger partial charge in [-0.1, -0.05) is 25.1 Å². The largest absolute Gasteiger partial charge is 0.459 e. The average molecular weight is 269 g/mol. The smallest absolute Gasteiger partial charge is 0.134 e. The molecule has 20 heavy (non-hydrogen) atoms. The number of benzene rings is 1. The summed E-state index contributed by atoms with van der Waals surface area (Å²) in [6.07, 6.45) is 4.71. The lowest BCUT2D eigenvalue weighted by Crippen LogP contribution is -2.18. The standard InChI is InChI=1S/C16H19N3O/c1-3-13-14-6-4-5-7-15(14)20-16(13)11(2)17-8-12-9-18-19-10-12/h4-7,9-11,17H,3,8H2,1-2H3,(H,18,19). The minimum atomic E-state index is 0.173. The minimum absolute atomic E-state index is 0.173. The molecule has 0 aliphatic rings. The molecule has 4 nitrogen and oxygen atoms in total. The first-order valence-electron chi connectivity index (χ1n) is 7.01. The summed E-state index contributed by atoms with van der Waals surface area (Å²) in [5.74, 6) is 1.04. The number of aryl methyl sites for hydroxylation is 1. The number of H-pyrrole nitrogens is 1. The van der Waals surface area contributed by atoms with Crippen LogP contribution in [-0.2, 0) is 13.0 Å². The molecular formula is C16H19N3O. The highest BCUT2D eigenvalue weighted by Crippen LogP contribution is 2.30. The third-order valence-corrected chi connectivity index (χ3v) is 3.64. The Hall–Kier alpha value is -2.07. The molecule has 2 aromatic heterocycles. The third-order valence-electron chi connectivity index (χ3n) is 3.64. The van der Waals surface area contributed by atoms with Crippen molar-refractivity contribution in [1.29, 1.82) is 0 Å². The predicted molar refractivity (Wildman–Crippen MR) is 79.4 cm³/mol. The first-order valence-corrected chi connectivity index (χ1v) is 7.01. The van der Waals surface area contributed by atoms with Gasteiger partial charge in [-0.05, 0) is 19.4 Å². The maximum Gasteiger partial charge on any atom is 0.134 e. The van der Waals surface area contributed by atoms with Gasteiger partial charge in [0, 0.05) is 29.3 Å². The van der Waals surface area contributed by atoms with E-state index in [2.05, 4.69) is 41.5 Å². The van der Waals surface area contributed by atoms with E-state index >= 15 is 0 Å². The molecule has 0 fully saturated rings. The quantitative estimate of drug-likeness (QED) is 0.744. The van der Waals surface area contributed by atoms with Gasteiger partial charge in [0.05, 0.1) is 12.2 Å². The molecule has 0 amide bonds. The van der Waals surface area contributed by atoms with E-state index < -0.39 is 0 Å². The Morgan fingerprint density at radius 1 is 1.35 bits per heavy atom. The van der Waals surface area contributed by atoms with Gasteiger partial charge >= 0.3 is 0 Å². The maximum absolute atomic E-state index is 6.04. The molecule has 3 aromatic rings. The van der Waals surface area contributed by atoms with Gasteiger partial charge in [0.1, 0.15) is 11.3 Å². The van der Waals surface area contributed by atoms with E-state index in [-0.39, 0.29) is 6.04 Å². The van der Waals surface area contributed by atoms with Crippen LogP contribution in [0.1, 0.15) is 36.8 Å². The molecule has 3 rings (SSSR count). The second-order valence-corrected chi connectivity index (χ2v) is 5.00. The Kier molecular flexibility index (Phi) is 3.56. The normalized spacial score (nSPS) is 12.9. The summed E-state index contributed by atoms with van der Waals surface area (Å²) in [5, 5.41) is 11.5. The van der Waals surface area contributed by atoms with Gasteiger partial charge in [-0.25, -0.2) is 0 Å². The number of aromatic nitrogens is 2. The van der Waals surface area contributed by atoms with Crippen LogP contribution in [-0.4, -0.2) is 10.2 Å². The Bertz CT molecular complexity index is 685. The van der Waals surface area contributed by atoms with Crippen LogP contribution >= 0.6 is 0 Å². The van der Waals surface area contributed by atoms with Gasteiger partial charge in [-0.3, -0.25) is 5.10 Å². The molecule has 0 aliphatic carbocycles. The molecule has 4 heteroatoms. The van der Waals surface area contributed by atoms with E-state index in [1.165, 1.54) is 10.9 Å². The van der Waals surface area contributed by atoms with Crippen molar-refractivity contribution in [1.82, 2.24) is 15.5 Å². The van der Waals surface area contributed by atoms with Gasteiger partial charge < -0.3 is 9.73 Å². The predicted octanol–water partition coefficient (Wildman–Crippen LogP) is 3.57. The van der Waals surface area contributed by atoms with Crippen molar-refractivity contribution in [2.45, 2.75) is 32.9 Å². The summed E-state index contributed by atoms with van der Waals surface area (Å²) in [6, 6.07) is 8.40. The molecule has 1 unspecified atom stereocenters. The summed E-state index contributed by atoms with van der Waals surface area (Å²) < 4.78 is 6.04. The molecule has 0 saturated heterocycles. The number of hydrogen-bond donors (Lipinski definition) is 2. The van der Waals surface area contributed by atoms with Gasteiger partial charge in [0.15, 0.2) is 0 Å². The fourth-order valence-corrected chi connectivity index (χ4v) is 2.57. The van der Waals surface area contributed by atoms with E-state index in [1.807, 2.05) is 24.5 Å². The number of nitrogens with one attached hydrogen (secondary N) is 2. The molecule has 2 N–H and O–H groups in total. The van der Waals surface area contributed by atoms with Crippen LogP contribution < -0.4 is 5.32 Å². The van der Waals surface area contributed by atoms with E-state index in [1.54, 1.807) is 0 Å². The fraction of sp³-hybridized carbons (Fsp3) is 0.312. The highest BCUT2D eigenvalue weighted by Gasteiger charge is 2.17. The molecule has 1 atom stereocenters. The fourth-order valence-electron chi connectivity index (χ4n) is 2.57. The molecule has 1 aromatic carbocycles. The maximum atomic E-state index is 6.04. The van der Waals surface area contributed by atoms with Gasteiger partial charge in [-0.15, -0.1) is 0 Å². The van der Waals surface area contributed by atoms with Crippen LogP contribution in [0, 0.1) is 0 Å². The zero-order chi connectivity index (χ0) is 13.9. The number of nitrogens with zero attached hydrogens (tertiary/aromatic N) is 1. The van der Waals surface area contributed by atoms with Crippen molar-refractivity contribution in [3.8, 4) is 0 Å². The number of rotatable bonds is 5. The third kappa shape index (κ3) is 2.34. The summed E-state index contributed by atoms with van der Waals surface area (Å²) in [6.45, 7) is 5.08. The van der Waals surface area contributed by atoms with Crippen molar-refractivity contribution in [3.63, 3.8) is 0 Å². The highest BCUT2D eigenvalue weighted by atomic mass is 16.3. The van der Waals surface area contributed by atoms with Crippen LogP contribution in [0.2, 0.25) is 0 Å². The second kappa shape index (κ2) is 5.51. The number of aromatic amines is 1. The SMILES string of the molecule is CCc1c(C(C)NCc2cn[nH]c2)oc2ccccc12. The van der Waals surface area contributed by atoms with Gasteiger partial charge in [0.2, 0.25) is 0 Å². The molecule has 0 radical (unpaired) electrons. The first kappa shape index (κ1) is 12.9. The van der Waals surface area contributed by atoms with Crippen LogP contribution in [0.3, 0.4) is 0 Å². The zero-order valence-electron chi connectivity index (χ0n) is 11.8. The number of fused-ring (bicyclic) bond motifs is 1. The Morgan fingerprint density at radius 2 is 2.20 bits per heavy atom. The lowest BCUT2D eigenvalue weighted by atomic mass is 10.0. The summed E-state index contributed by atoms with van der Waals surface area (Å²) in [5.41, 5.74) is 3.41. The molecule has 0 aliphatic heterocycles. The van der Waals surface area contributed by atoms with Gasteiger partial charge in [0.25, 0.3) is 0 Å². The van der Waals surface area contributed by atoms with Crippen molar-refractivity contribution in [2.24, 2.45) is 0 Å². The van der Waals surface area contributed by atoms with Crippen molar-refractivity contribution >= 4 is 11.0 Å². The highest BCUT2D eigenvalue weighted by molar-refractivity contribution is 5.82. The second-order valence-electron chi connectivity index (χ2n) is 5.00. The lowest BCUT2D eigenvalue weighted by molar-refractivity contribution is 0.446. The minimum Gasteiger partial charge on any atom is -0.459 e.